The summed E-state index contributed by atoms with van der Waals surface area (Å²) in [7, 11) is 1.69. The first-order valence-corrected chi connectivity index (χ1v) is 10.9. The number of rotatable bonds is 9. The Labute approximate surface area is 176 Å². The smallest absolute Gasteiger partial charge is 0.177 e. The number of hydrogen-bond donors (Lipinski definition) is 0. The van der Waals surface area contributed by atoms with E-state index in [1.165, 1.54) is 10.7 Å². The number of ether oxygens (including phenoxy) is 1. The molecular formula is C22H29N5OS. The monoisotopic (exact) mass is 411 g/mol. The van der Waals surface area contributed by atoms with Crippen molar-refractivity contribution in [2.75, 3.05) is 7.11 Å². The molecule has 1 aromatic carbocycles. The van der Waals surface area contributed by atoms with Gasteiger partial charge in [0.1, 0.15) is 5.75 Å². The lowest BCUT2D eigenvalue weighted by Crippen LogP contribution is -2.01. The van der Waals surface area contributed by atoms with Crippen molar-refractivity contribution in [2.45, 2.75) is 58.8 Å². The molecule has 0 saturated heterocycles. The first-order chi connectivity index (χ1) is 14.0. The van der Waals surface area contributed by atoms with Crippen LogP contribution in [0.1, 0.15) is 74.5 Å². The maximum atomic E-state index is 5.51. The molecular weight excluding hydrogens is 382 g/mol. The molecule has 0 aliphatic heterocycles. The second kappa shape index (κ2) is 9.78. The van der Waals surface area contributed by atoms with Crippen molar-refractivity contribution in [3.63, 3.8) is 0 Å². The summed E-state index contributed by atoms with van der Waals surface area (Å²) in [5.41, 5.74) is 3.07. The normalized spacial score (nSPS) is 11.8. The Hall–Kier alpha value is -2.54. The summed E-state index contributed by atoms with van der Waals surface area (Å²) in [4.78, 5) is 6.27. The van der Waals surface area contributed by atoms with E-state index in [2.05, 4.69) is 60.6 Å². The van der Waals surface area contributed by atoms with Crippen molar-refractivity contribution < 1.29 is 4.74 Å². The summed E-state index contributed by atoms with van der Waals surface area (Å²) >= 11 is 1.76. The summed E-state index contributed by atoms with van der Waals surface area (Å²) in [6, 6.07) is 5.91. The van der Waals surface area contributed by atoms with E-state index in [9.17, 15) is 0 Å². The zero-order valence-electron chi connectivity index (χ0n) is 17.8. The van der Waals surface area contributed by atoms with E-state index in [-0.39, 0.29) is 5.92 Å². The Bertz CT molecular complexity index is 958. The fraction of sp³-hybridized carbons (Fsp3) is 0.455. The van der Waals surface area contributed by atoms with E-state index in [0.29, 0.717) is 5.92 Å². The third-order valence-corrected chi connectivity index (χ3v) is 5.75. The van der Waals surface area contributed by atoms with E-state index >= 15 is 0 Å². The summed E-state index contributed by atoms with van der Waals surface area (Å²) in [5.74, 6) is 2.32. The minimum absolute atomic E-state index is 0.246. The van der Waals surface area contributed by atoms with Gasteiger partial charge in [0.25, 0.3) is 0 Å². The molecule has 0 bridgehead atoms. The predicted molar refractivity (Wildman–Crippen MR) is 118 cm³/mol. The molecule has 0 atom stereocenters. The average Bonchev–Trinajstić information content (AvgIpc) is 3.37. The van der Waals surface area contributed by atoms with Gasteiger partial charge in [-0.05, 0) is 42.7 Å². The quantitative estimate of drug-likeness (QED) is 0.440. The molecule has 3 aromatic rings. The minimum atomic E-state index is 0.246. The molecule has 7 heteroatoms. The Kier molecular flexibility index (Phi) is 7.14. The third-order valence-electron chi connectivity index (χ3n) is 4.55. The lowest BCUT2D eigenvalue weighted by atomic mass is 10.1. The van der Waals surface area contributed by atoms with E-state index in [1.807, 2.05) is 18.2 Å². The Morgan fingerprint density at radius 2 is 2.00 bits per heavy atom. The molecule has 2 heterocycles. The van der Waals surface area contributed by atoms with Gasteiger partial charge >= 0.3 is 0 Å². The molecule has 0 unspecified atom stereocenters. The van der Waals surface area contributed by atoms with Crippen molar-refractivity contribution in [3.8, 4) is 11.4 Å². The van der Waals surface area contributed by atoms with Gasteiger partial charge in [-0.3, -0.25) is 0 Å². The van der Waals surface area contributed by atoms with Crippen LogP contribution in [-0.4, -0.2) is 32.3 Å². The molecule has 0 aliphatic carbocycles. The molecule has 3 rings (SSSR count). The average molecular weight is 412 g/mol. The summed E-state index contributed by atoms with van der Waals surface area (Å²) in [6.07, 6.45) is 7.35. The van der Waals surface area contributed by atoms with Crippen LogP contribution in [0, 0.1) is 0 Å². The molecule has 0 aliphatic rings. The van der Waals surface area contributed by atoms with Crippen LogP contribution in [0.2, 0.25) is 0 Å². The standard InChI is InChI=1S/C22H29N5OS/c1-15(2)21-24-26-27(25-21)19-11-12-20(28-5)17(13-19)9-7-6-8-10-18-14-29-22(23-18)16(3)4/h7,9,11-16H,6,8,10H2,1-5H3/b9-7+. The van der Waals surface area contributed by atoms with Gasteiger partial charge in [0.15, 0.2) is 5.82 Å². The molecule has 6 nitrogen and oxygen atoms in total. The maximum absolute atomic E-state index is 5.51. The van der Waals surface area contributed by atoms with Crippen LogP contribution in [-0.2, 0) is 6.42 Å². The Morgan fingerprint density at radius 1 is 1.17 bits per heavy atom. The van der Waals surface area contributed by atoms with Crippen LogP contribution in [0.3, 0.4) is 0 Å². The maximum Gasteiger partial charge on any atom is 0.177 e. The molecule has 0 saturated carbocycles. The zero-order chi connectivity index (χ0) is 20.8. The summed E-state index contributed by atoms with van der Waals surface area (Å²) in [6.45, 7) is 8.48. The van der Waals surface area contributed by atoms with Gasteiger partial charge in [-0.1, -0.05) is 39.8 Å². The highest BCUT2D eigenvalue weighted by Crippen LogP contribution is 2.24. The molecule has 0 fully saturated rings. The van der Waals surface area contributed by atoms with Crippen LogP contribution in [0.25, 0.3) is 11.8 Å². The number of allylic oxidation sites excluding steroid dienone is 1. The van der Waals surface area contributed by atoms with Crippen molar-refractivity contribution in [1.29, 1.82) is 0 Å². The number of unbranched alkanes of at least 4 members (excludes halogenated alkanes) is 1. The van der Waals surface area contributed by atoms with Crippen LogP contribution in [0.15, 0.2) is 29.7 Å². The number of thiazole rings is 1. The molecule has 0 spiro atoms. The number of nitrogens with zero attached hydrogens (tertiary/aromatic N) is 5. The van der Waals surface area contributed by atoms with Gasteiger partial charge in [0, 0.05) is 22.8 Å². The highest BCUT2D eigenvalue weighted by molar-refractivity contribution is 7.09. The van der Waals surface area contributed by atoms with Crippen LogP contribution >= 0.6 is 11.3 Å². The molecule has 29 heavy (non-hydrogen) atoms. The van der Waals surface area contributed by atoms with E-state index in [1.54, 1.807) is 23.2 Å². The number of hydrogen-bond acceptors (Lipinski definition) is 6. The zero-order valence-corrected chi connectivity index (χ0v) is 18.6. The van der Waals surface area contributed by atoms with Crippen LogP contribution in [0.5, 0.6) is 5.75 Å². The fourth-order valence-corrected chi connectivity index (χ4v) is 3.73. The third kappa shape index (κ3) is 5.50. The van der Waals surface area contributed by atoms with E-state index < -0.39 is 0 Å². The Balaban J connectivity index is 1.63. The second-order valence-corrected chi connectivity index (χ2v) is 8.53. The number of tetrazole rings is 1. The van der Waals surface area contributed by atoms with Crippen molar-refractivity contribution >= 4 is 17.4 Å². The van der Waals surface area contributed by atoms with E-state index in [0.717, 1.165) is 42.1 Å². The topological polar surface area (TPSA) is 65.7 Å². The largest absolute Gasteiger partial charge is 0.496 e. The van der Waals surface area contributed by atoms with Crippen molar-refractivity contribution in [3.05, 3.63) is 51.7 Å². The predicted octanol–water partition coefficient (Wildman–Crippen LogP) is 5.41. The SMILES string of the molecule is COc1ccc(-n2nnc(C(C)C)n2)cc1/C=C/CCCc1csc(C(C)C)n1. The number of aryl methyl sites for hydroxylation is 1. The molecule has 0 radical (unpaired) electrons. The molecule has 0 amide bonds. The van der Waals surface area contributed by atoms with Gasteiger partial charge in [-0.25, -0.2) is 4.98 Å². The second-order valence-electron chi connectivity index (χ2n) is 7.64. The fourth-order valence-electron chi connectivity index (χ4n) is 2.86. The molecule has 2 aromatic heterocycles. The van der Waals surface area contributed by atoms with Gasteiger partial charge < -0.3 is 4.74 Å². The molecule has 154 valence electrons. The Morgan fingerprint density at radius 3 is 2.66 bits per heavy atom. The summed E-state index contributed by atoms with van der Waals surface area (Å²) in [5, 5.41) is 16.1. The van der Waals surface area contributed by atoms with Gasteiger partial charge in [-0.15, -0.1) is 26.3 Å². The van der Waals surface area contributed by atoms with Crippen molar-refractivity contribution in [1.82, 2.24) is 25.2 Å². The highest BCUT2D eigenvalue weighted by Gasteiger charge is 2.10. The van der Waals surface area contributed by atoms with Crippen molar-refractivity contribution in [2.24, 2.45) is 0 Å². The number of methoxy groups -OCH3 is 1. The number of benzene rings is 1. The van der Waals surface area contributed by atoms with Gasteiger partial charge in [0.05, 0.1) is 23.5 Å². The lowest BCUT2D eigenvalue weighted by molar-refractivity contribution is 0.413. The molecule has 0 N–H and O–H groups in total. The highest BCUT2D eigenvalue weighted by atomic mass is 32.1. The summed E-state index contributed by atoms with van der Waals surface area (Å²) < 4.78 is 5.51. The first-order valence-electron chi connectivity index (χ1n) is 10.1. The van der Waals surface area contributed by atoms with Crippen LogP contribution in [0.4, 0.5) is 0 Å². The van der Waals surface area contributed by atoms with Gasteiger partial charge in [0.2, 0.25) is 0 Å². The van der Waals surface area contributed by atoms with Gasteiger partial charge in [-0.2, -0.15) is 0 Å². The minimum Gasteiger partial charge on any atom is -0.496 e. The van der Waals surface area contributed by atoms with Crippen LogP contribution < -0.4 is 4.74 Å². The first kappa shape index (κ1) is 21.2. The number of aromatic nitrogens is 5. The van der Waals surface area contributed by atoms with E-state index in [4.69, 9.17) is 9.72 Å². The lowest BCUT2D eigenvalue weighted by Gasteiger charge is -2.07.